The molecule has 31 heavy (non-hydrogen) atoms. The summed E-state index contributed by atoms with van der Waals surface area (Å²) in [6.07, 6.45) is 3.77. The molecular formula is C23H21Cl2N3O2S. The molecule has 160 valence electrons. The van der Waals surface area contributed by atoms with E-state index in [1.807, 2.05) is 36.1 Å². The van der Waals surface area contributed by atoms with E-state index in [0.29, 0.717) is 20.9 Å². The molecule has 0 spiro atoms. The van der Waals surface area contributed by atoms with Gasteiger partial charge in [-0.1, -0.05) is 58.7 Å². The molecule has 1 fully saturated rings. The Bertz CT molecular complexity index is 1080. The second kappa shape index (κ2) is 9.47. The summed E-state index contributed by atoms with van der Waals surface area (Å²) in [7, 11) is 0. The molecular weight excluding hydrogens is 453 g/mol. The number of carbonyl (C=O) groups is 2. The van der Waals surface area contributed by atoms with Gasteiger partial charge in [-0.2, -0.15) is 0 Å². The third kappa shape index (κ3) is 4.97. The third-order valence-corrected chi connectivity index (χ3v) is 6.81. The molecule has 8 heteroatoms. The maximum Gasteiger partial charge on any atom is 0.283 e. The second-order valence-corrected chi connectivity index (χ2v) is 9.21. The smallest absolute Gasteiger partial charge is 0.283 e. The van der Waals surface area contributed by atoms with Gasteiger partial charge in [-0.3, -0.25) is 14.5 Å². The van der Waals surface area contributed by atoms with Gasteiger partial charge >= 0.3 is 0 Å². The van der Waals surface area contributed by atoms with Crippen molar-refractivity contribution < 1.29 is 9.59 Å². The Kier molecular flexibility index (Phi) is 6.70. The van der Waals surface area contributed by atoms with Crippen LogP contribution in [-0.4, -0.2) is 40.7 Å². The number of benzene rings is 2. The first-order valence-electron chi connectivity index (χ1n) is 9.99. The lowest BCUT2D eigenvalue weighted by atomic mass is 10.2. The van der Waals surface area contributed by atoms with Crippen molar-refractivity contribution in [2.24, 2.45) is 4.99 Å². The number of halogens is 2. The van der Waals surface area contributed by atoms with E-state index in [4.69, 9.17) is 23.2 Å². The minimum Gasteiger partial charge on any atom is -0.342 e. The van der Waals surface area contributed by atoms with E-state index in [0.717, 1.165) is 37.1 Å². The summed E-state index contributed by atoms with van der Waals surface area (Å²) in [4.78, 5) is 33.7. The largest absolute Gasteiger partial charge is 0.342 e. The van der Waals surface area contributed by atoms with Crippen LogP contribution in [-0.2, 0) is 9.59 Å². The maximum absolute atomic E-state index is 13.2. The molecule has 0 aromatic heterocycles. The highest BCUT2D eigenvalue weighted by Crippen LogP contribution is 2.31. The quantitative estimate of drug-likeness (QED) is 0.558. The summed E-state index contributed by atoms with van der Waals surface area (Å²) < 4.78 is 0. The highest BCUT2D eigenvalue weighted by molar-refractivity contribution is 8.14. The van der Waals surface area contributed by atoms with E-state index in [9.17, 15) is 9.59 Å². The minimum absolute atomic E-state index is 0.0726. The molecule has 0 N–H and O–H groups in total. The number of amides is 2. The van der Waals surface area contributed by atoms with Crippen LogP contribution in [0.3, 0.4) is 0 Å². The summed E-state index contributed by atoms with van der Waals surface area (Å²) in [5.41, 5.74) is 2.82. The molecule has 2 aromatic rings. The summed E-state index contributed by atoms with van der Waals surface area (Å²) in [5, 5.41) is 1.35. The van der Waals surface area contributed by atoms with Crippen molar-refractivity contribution in [3.05, 3.63) is 69.3 Å². The first-order valence-corrected chi connectivity index (χ1v) is 11.7. The van der Waals surface area contributed by atoms with Crippen molar-refractivity contribution in [1.29, 1.82) is 0 Å². The van der Waals surface area contributed by atoms with Crippen LogP contribution in [0.1, 0.15) is 24.0 Å². The van der Waals surface area contributed by atoms with Gasteiger partial charge in [-0.15, -0.1) is 0 Å². The Morgan fingerprint density at radius 1 is 1.10 bits per heavy atom. The topological polar surface area (TPSA) is 53.0 Å². The number of likely N-dealkylation sites (tertiary alicyclic amines) is 1. The normalized spacial score (nSPS) is 17.6. The molecule has 2 aromatic carbocycles. The van der Waals surface area contributed by atoms with Crippen molar-refractivity contribution in [3.63, 3.8) is 0 Å². The molecule has 0 unspecified atom stereocenters. The molecule has 2 aliphatic rings. The van der Waals surface area contributed by atoms with Crippen molar-refractivity contribution in [3.8, 4) is 0 Å². The molecule has 4 rings (SSSR count). The Hall–Kier alpha value is -2.28. The zero-order chi connectivity index (χ0) is 22.0. The number of aliphatic imine (C=N–C) groups is 1. The monoisotopic (exact) mass is 473 g/mol. The van der Waals surface area contributed by atoms with Gasteiger partial charge in [-0.05, 0) is 55.7 Å². The summed E-state index contributed by atoms with van der Waals surface area (Å²) in [5.74, 6) is 0.0728. The Morgan fingerprint density at radius 2 is 1.81 bits per heavy atom. The zero-order valence-corrected chi connectivity index (χ0v) is 19.3. The number of hydrogen-bond acceptors (Lipinski definition) is 4. The number of hydrogen-bond donors (Lipinski definition) is 0. The van der Waals surface area contributed by atoms with Gasteiger partial charge in [0.25, 0.3) is 5.91 Å². The van der Waals surface area contributed by atoms with Gasteiger partial charge in [0.05, 0.1) is 21.5 Å². The predicted octanol–water partition coefficient (Wildman–Crippen LogP) is 5.40. The highest BCUT2D eigenvalue weighted by Gasteiger charge is 2.33. The van der Waals surface area contributed by atoms with Crippen LogP contribution in [0.4, 0.5) is 5.69 Å². The number of amidine groups is 1. The van der Waals surface area contributed by atoms with E-state index >= 15 is 0 Å². The van der Waals surface area contributed by atoms with Crippen LogP contribution in [0.15, 0.2) is 53.2 Å². The van der Waals surface area contributed by atoms with Gasteiger partial charge in [0.15, 0.2) is 5.17 Å². The van der Waals surface area contributed by atoms with E-state index < -0.39 is 0 Å². The molecule has 1 saturated heterocycles. The maximum atomic E-state index is 13.2. The van der Waals surface area contributed by atoms with Gasteiger partial charge in [0, 0.05) is 13.1 Å². The van der Waals surface area contributed by atoms with E-state index in [1.54, 1.807) is 29.2 Å². The number of aryl methyl sites for hydroxylation is 1. The minimum atomic E-state index is -0.244. The number of carbonyl (C=O) groups excluding carboxylic acids is 2. The van der Waals surface area contributed by atoms with Crippen LogP contribution in [0.25, 0.3) is 6.08 Å². The average Bonchev–Trinajstić information content (AvgIpc) is 3.39. The van der Waals surface area contributed by atoms with Crippen LogP contribution < -0.4 is 4.90 Å². The first kappa shape index (κ1) is 21.9. The van der Waals surface area contributed by atoms with Crippen molar-refractivity contribution in [2.75, 3.05) is 23.7 Å². The second-order valence-electron chi connectivity index (χ2n) is 7.45. The molecule has 2 heterocycles. The lowest BCUT2D eigenvalue weighted by Crippen LogP contribution is -2.33. The summed E-state index contributed by atoms with van der Waals surface area (Å²) in [6, 6.07) is 12.8. The highest BCUT2D eigenvalue weighted by atomic mass is 35.5. The first-order chi connectivity index (χ1) is 14.9. The van der Waals surface area contributed by atoms with Gasteiger partial charge in [-0.25, -0.2) is 4.99 Å². The fourth-order valence-electron chi connectivity index (χ4n) is 3.46. The predicted molar refractivity (Wildman–Crippen MR) is 129 cm³/mol. The van der Waals surface area contributed by atoms with Crippen LogP contribution >= 0.6 is 35.0 Å². The lowest BCUT2D eigenvalue weighted by molar-refractivity contribution is -0.127. The molecule has 0 radical (unpaired) electrons. The number of thioether (sulfide) groups is 1. The van der Waals surface area contributed by atoms with Crippen molar-refractivity contribution >= 4 is 63.7 Å². The Balaban J connectivity index is 1.62. The van der Waals surface area contributed by atoms with Crippen LogP contribution in [0, 0.1) is 6.92 Å². The number of rotatable bonds is 4. The third-order valence-electron chi connectivity index (χ3n) is 5.15. The summed E-state index contributed by atoms with van der Waals surface area (Å²) >= 11 is 13.4. The van der Waals surface area contributed by atoms with E-state index in [2.05, 4.69) is 4.99 Å². The van der Waals surface area contributed by atoms with Gasteiger partial charge < -0.3 is 4.90 Å². The van der Waals surface area contributed by atoms with E-state index in [1.165, 1.54) is 11.8 Å². The standard InChI is InChI=1S/C23H21Cl2N3O2S/c1-15-4-7-17(8-5-15)28-22(30)20(13-16-6-9-18(24)19(25)12-16)26-23(28)31-14-21(29)27-10-2-3-11-27/h4-9,12-13H,2-3,10-11,14H2,1H3/b20-13+. The molecule has 0 aliphatic carbocycles. The van der Waals surface area contributed by atoms with Gasteiger partial charge in [0.1, 0.15) is 5.70 Å². The molecule has 5 nitrogen and oxygen atoms in total. The van der Waals surface area contributed by atoms with Crippen LogP contribution in [0.5, 0.6) is 0 Å². The molecule has 0 atom stereocenters. The molecule has 0 bridgehead atoms. The van der Waals surface area contributed by atoms with E-state index in [-0.39, 0.29) is 23.3 Å². The van der Waals surface area contributed by atoms with Crippen LogP contribution in [0.2, 0.25) is 10.0 Å². The lowest BCUT2D eigenvalue weighted by Gasteiger charge is -2.19. The fraction of sp³-hybridized carbons (Fsp3) is 0.261. The molecule has 2 amide bonds. The summed E-state index contributed by atoms with van der Waals surface area (Å²) in [6.45, 7) is 3.59. The molecule has 0 saturated carbocycles. The number of nitrogens with zero attached hydrogens (tertiary/aromatic N) is 3. The van der Waals surface area contributed by atoms with Gasteiger partial charge in [0.2, 0.25) is 5.91 Å². The Morgan fingerprint density at radius 3 is 2.48 bits per heavy atom. The molecule has 2 aliphatic heterocycles. The number of anilines is 1. The zero-order valence-electron chi connectivity index (χ0n) is 17.0. The Labute approximate surface area is 195 Å². The fourth-order valence-corrected chi connectivity index (χ4v) is 4.68. The van der Waals surface area contributed by atoms with Crippen molar-refractivity contribution in [2.45, 2.75) is 19.8 Å². The average molecular weight is 474 g/mol. The van der Waals surface area contributed by atoms with Crippen molar-refractivity contribution in [1.82, 2.24) is 4.90 Å². The SMILES string of the molecule is Cc1ccc(N2C(=O)/C(=C\c3ccc(Cl)c(Cl)c3)N=C2SCC(=O)N2CCCC2)cc1.